The van der Waals surface area contributed by atoms with Gasteiger partial charge in [-0.2, -0.15) is 0 Å². The number of hydrogen-bond acceptors (Lipinski definition) is 7. The molecule has 0 rings (SSSR count). The summed E-state index contributed by atoms with van der Waals surface area (Å²) in [5.74, 6) is 0. The van der Waals surface area contributed by atoms with Gasteiger partial charge in [0.15, 0.2) is 0 Å². The van der Waals surface area contributed by atoms with Gasteiger partial charge in [0, 0.05) is 0 Å². The highest BCUT2D eigenvalue weighted by molar-refractivity contribution is 7.48. The van der Waals surface area contributed by atoms with E-state index in [1.165, 1.54) is 18.8 Å². The Kier molecular flexibility index (Phi) is 17.6. The first kappa shape index (κ1) is 24.7. The van der Waals surface area contributed by atoms with Gasteiger partial charge in [0.05, 0.1) is 58.4 Å². The largest absolute Gasteiger partial charge is 0.502 e. The van der Waals surface area contributed by atoms with Crippen molar-refractivity contribution in [1.29, 1.82) is 0 Å². The summed E-state index contributed by atoms with van der Waals surface area (Å²) in [7, 11) is -3.57. The van der Waals surface area contributed by atoms with Gasteiger partial charge in [-0.15, -0.1) is 0 Å². The minimum atomic E-state index is -3.57. The van der Waals surface area contributed by atoms with Crippen molar-refractivity contribution in [2.45, 2.75) is 38.5 Å². The number of rotatable bonds is 21. The quantitative estimate of drug-likeness (QED) is 0.155. The first-order valence-corrected chi connectivity index (χ1v) is 10.4. The first-order valence-electron chi connectivity index (χ1n) is 8.89. The topological polar surface area (TPSA) is 72.5 Å². The predicted octanol–water partition coefficient (Wildman–Crippen LogP) is 4.97. The van der Waals surface area contributed by atoms with Crippen LogP contribution in [-0.2, 0) is 32.3 Å². The van der Waals surface area contributed by atoms with E-state index in [1.807, 2.05) is 0 Å². The molecule has 0 fully saturated rings. The van der Waals surface area contributed by atoms with Gasteiger partial charge in [-0.05, 0) is 38.5 Å². The molecule has 0 saturated heterocycles. The summed E-state index contributed by atoms with van der Waals surface area (Å²) in [6.07, 6.45) is 8.54. The maximum absolute atomic E-state index is 12.7. The Hall–Kier alpha value is -1.27. The second-order valence-corrected chi connectivity index (χ2v) is 6.85. The summed E-state index contributed by atoms with van der Waals surface area (Å²) in [6.45, 7) is 12.9. The highest BCUT2D eigenvalue weighted by Crippen LogP contribution is 2.49. The van der Waals surface area contributed by atoms with Crippen LogP contribution in [0.4, 0.5) is 0 Å². The molecule has 0 aromatic carbocycles. The second-order valence-electron chi connectivity index (χ2n) is 5.18. The smallest absolute Gasteiger partial charge is 0.474 e. The van der Waals surface area contributed by atoms with Gasteiger partial charge in [0.2, 0.25) is 0 Å². The molecule has 7 nitrogen and oxygen atoms in total. The number of phosphoric acid groups is 1. The SMILES string of the molecule is C=COCCCCOP(=O)(OCCCCOC=C)OCCCCOC=C. The summed E-state index contributed by atoms with van der Waals surface area (Å²) in [4.78, 5) is 0. The fraction of sp³-hybridized carbons (Fsp3) is 0.667. The average molecular weight is 392 g/mol. The Labute approximate surface area is 157 Å². The van der Waals surface area contributed by atoms with Crippen LogP contribution in [0.5, 0.6) is 0 Å². The third-order valence-corrected chi connectivity index (χ3v) is 4.57. The van der Waals surface area contributed by atoms with Crippen molar-refractivity contribution in [3.63, 3.8) is 0 Å². The van der Waals surface area contributed by atoms with Crippen molar-refractivity contribution < 1.29 is 32.3 Å². The van der Waals surface area contributed by atoms with E-state index in [4.69, 9.17) is 27.8 Å². The van der Waals surface area contributed by atoms with E-state index in [9.17, 15) is 4.57 Å². The molecule has 0 atom stereocenters. The average Bonchev–Trinajstić information content (AvgIpc) is 2.64. The summed E-state index contributed by atoms with van der Waals surface area (Å²) in [5.41, 5.74) is 0. The van der Waals surface area contributed by atoms with Crippen molar-refractivity contribution in [2.24, 2.45) is 0 Å². The molecule has 0 spiro atoms. The molecule has 0 aromatic rings. The van der Waals surface area contributed by atoms with Crippen LogP contribution in [0.1, 0.15) is 38.5 Å². The van der Waals surface area contributed by atoms with Crippen LogP contribution in [0.15, 0.2) is 38.5 Å². The van der Waals surface area contributed by atoms with E-state index in [1.54, 1.807) is 0 Å². The van der Waals surface area contributed by atoms with Gasteiger partial charge in [-0.3, -0.25) is 13.6 Å². The molecule has 0 unspecified atom stereocenters. The molecule has 0 radical (unpaired) electrons. The third kappa shape index (κ3) is 16.2. The Morgan fingerprint density at radius 2 is 0.808 bits per heavy atom. The molecule has 0 heterocycles. The third-order valence-electron chi connectivity index (χ3n) is 3.07. The number of hydrogen-bond donors (Lipinski definition) is 0. The number of ether oxygens (including phenoxy) is 3. The van der Waals surface area contributed by atoms with Gasteiger partial charge in [-0.1, -0.05) is 19.7 Å². The van der Waals surface area contributed by atoms with Gasteiger partial charge in [0.1, 0.15) is 0 Å². The number of unbranched alkanes of at least 4 members (excludes halogenated alkanes) is 3. The van der Waals surface area contributed by atoms with Crippen molar-refractivity contribution >= 4 is 7.82 Å². The maximum Gasteiger partial charge on any atom is 0.474 e. The normalized spacial score (nSPS) is 10.9. The Morgan fingerprint density at radius 3 is 1.08 bits per heavy atom. The lowest BCUT2D eigenvalue weighted by Crippen LogP contribution is -2.05. The zero-order chi connectivity index (χ0) is 19.3. The van der Waals surface area contributed by atoms with Crippen molar-refractivity contribution in [3.8, 4) is 0 Å². The van der Waals surface area contributed by atoms with Crippen molar-refractivity contribution in [2.75, 3.05) is 39.6 Å². The molecule has 8 heteroatoms. The lowest BCUT2D eigenvalue weighted by Gasteiger charge is -2.18. The molecular formula is C18H33O7P. The van der Waals surface area contributed by atoms with Crippen LogP contribution in [0.25, 0.3) is 0 Å². The second kappa shape index (κ2) is 18.5. The molecule has 0 bridgehead atoms. The minimum Gasteiger partial charge on any atom is -0.502 e. The van der Waals surface area contributed by atoms with Crippen molar-refractivity contribution in [1.82, 2.24) is 0 Å². The van der Waals surface area contributed by atoms with Crippen LogP contribution >= 0.6 is 7.82 Å². The summed E-state index contributed by atoms with van der Waals surface area (Å²) in [5, 5.41) is 0. The molecule has 0 aromatic heterocycles. The number of phosphoric ester groups is 1. The molecule has 0 aliphatic heterocycles. The molecule has 0 N–H and O–H groups in total. The van der Waals surface area contributed by atoms with E-state index in [0.29, 0.717) is 39.1 Å². The first-order chi connectivity index (χ1) is 12.7. The molecular weight excluding hydrogens is 359 g/mol. The zero-order valence-electron chi connectivity index (χ0n) is 15.6. The standard InChI is InChI=1S/C18H33O7P/c1-4-20-13-7-10-16-23-26(19,24-17-11-8-14-21-5-2)25-18-12-9-15-22-6-3/h4-6H,1-3,7-18H2. The highest BCUT2D eigenvalue weighted by atomic mass is 31.2. The van der Waals surface area contributed by atoms with Crippen LogP contribution in [0, 0.1) is 0 Å². The fourth-order valence-corrected chi connectivity index (χ4v) is 3.03. The van der Waals surface area contributed by atoms with E-state index >= 15 is 0 Å². The van der Waals surface area contributed by atoms with Gasteiger partial charge in [-0.25, -0.2) is 4.57 Å². The fourth-order valence-electron chi connectivity index (χ4n) is 1.75. The van der Waals surface area contributed by atoms with E-state index in [2.05, 4.69) is 19.7 Å². The zero-order valence-corrected chi connectivity index (χ0v) is 16.5. The summed E-state index contributed by atoms with van der Waals surface area (Å²) in [6, 6.07) is 0. The summed E-state index contributed by atoms with van der Waals surface area (Å²) >= 11 is 0. The van der Waals surface area contributed by atoms with Crippen molar-refractivity contribution in [3.05, 3.63) is 38.5 Å². The van der Waals surface area contributed by atoms with Gasteiger partial charge in [0.25, 0.3) is 0 Å². The lowest BCUT2D eigenvalue weighted by molar-refractivity contribution is 0.103. The maximum atomic E-state index is 12.7. The molecule has 0 amide bonds. The molecule has 0 aliphatic carbocycles. The minimum absolute atomic E-state index is 0.275. The monoisotopic (exact) mass is 392 g/mol. The highest BCUT2D eigenvalue weighted by Gasteiger charge is 2.26. The van der Waals surface area contributed by atoms with Crippen LogP contribution in [-0.4, -0.2) is 39.6 Å². The molecule has 0 aliphatic rings. The van der Waals surface area contributed by atoms with Crippen LogP contribution < -0.4 is 0 Å². The predicted molar refractivity (Wildman–Crippen MR) is 102 cm³/mol. The van der Waals surface area contributed by atoms with E-state index in [0.717, 1.165) is 19.3 Å². The van der Waals surface area contributed by atoms with Crippen LogP contribution in [0.3, 0.4) is 0 Å². The van der Waals surface area contributed by atoms with E-state index in [-0.39, 0.29) is 19.8 Å². The molecule has 0 saturated carbocycles. The summed E-state index contributed by atoms with van der Waals surface area (Å²) < 4.78 is 44.0. The van der Waals surface area contributed by atoms with Gasteiger partial charge < -0.3 is 14.2 Å². The Bertz CT molecular complexity index is 344. The Balaban J connectivity index is 4.10. The molecule has 26 heavy (non-hydrogen) atoms. The molecule has 152 valence electrons. The lowest BCUT2D eigenvalue weighted by atomic mass is 10.3. The van der Waals surface area contributed by atoms with Gasteiger partial charge >= 0.3 is 7.82 Å². The Morgan fingerprint density at radius 1 is 0.538 bits per heavy atom. The van der Waals surface area contributed by atoms with E-state index < -0.39 is 7.82 Å². The van der Waals surface area contributed by atoms with Crippen LogP contribution in [0.2, 0.25) is 0 Å².